The molecule has 1 spiro atoms. The van der Waals surface area contributed by atoms with Crippen molar-refractivity contribution in [3.63, 3.8) is 0 Å². The molecule has 2 N–H and O–H groups in total. The molecule has 1 atom stereocenters. The van der Waals surface area contributed by atoms with E-state index in [1.807, 2.05) is 24.5 Å². The first kappa shape index (κ1) is 33.7. The molecule has 4 heterocycles. The van der Waals surface area contributed by atoms with Gasteiger partial charge in [0.2, 0.25) is 0 Å². The Morgan fingerprint density at radius 2 is 1.48 bits per heavy atom. The number of hydrogen-bond donors (Lipinski definition) is 2. The number of pyridine rings is 1. The predicted molar refractivity (Wildman–Crippen MR) is 127 cm³/mol. The number of ether oxygens (including phenoxy) is 3. The predicted octanol–water partition coefficient (Wildman–Crippen LogP) is 4.16. The number of aromatic nitrogens is 1. The second kappa shape index (κ2) is 15.5. The van der Waals surface area contributed by atoms with E-state index in [0.29, 0.717) is 6.61 Å². The normalized spacial score (nSPS) is 21.3. The van der Waals surface area contributed by atoms with E-state index in [4.69, 9.17) is 34.0 Å². The molecule has 4 rings (SSSR count). The van der Waals surface area contributed by atoms with Crippen molar-refractivity contribution in [1.82, 2.24) is 9.88 Å². The second-order valence-corrected chi connectivity index (χ2v) is 9.92. The molecule has 0 amide bonds. The summed E-state index contributed by atoms with van der Waals surface area (Å²) in [4.78, 5) is 24.4. The van der Waals surface area contributed by atoms with Gasteiger partial charge in [-0.15, -0.1) is 0 Å². The summed E-state index contributed by atoms with van der Waals surface area (Å²) in [6, 6.07) is 4.04. The molecule has 9 nitrogen and oxygen atoms in total. The van der Waals surface area contributed by atoms with Gasteiger partial charge in [-0.05, 0) is 61.6 Å². The van der Waals surface area contributed by atoms with Gasteiger partial charge in [0.15, 0.2) is 0 Å². The zero-order chi connectivity index (χ0) is 29.8. The maximum Gasteiger partial charge on any atom is 0.490 e. The Morgan fingerprint density at radius 3 is 2.00 bits per heavy atom. The number of rotatable bonds is 7. The summed E-state index contributed by atoms with van der Waals surface area (Å²) in [6.07, 6.45) is -0.538. The monoisotopic (exact) mass is 588 g/mol. The summed E-state index contributed by atoms with van der Waals surface area (Å²) in [5, 5.41) is 14.2. The number of nitrogens with zero attached hydrogens (tertiary/aromatic N) is 2. The van der Waals surface area contributed by atoms with Crippen LogP contribution in [0.4, 0.5) is 26.3 Å². The minimum absolute atomic E-state index is 0.138. The minimum Gasteiger partial charge on any atom is -0.475 e. The van der Waals surface area contributed by atoms with Gasteiger partial charge in [-0.1, -0.05) is 0 Å². The Balaban J connectivity index is 0.000000333. The van der Waals surface area contributed by atoms with Crippen LogP contribution in [0.2, 0.25) is 0 Å². The highest BCUT2D eigenvalue weighted by Crippen LogP contribution is 2.38. The maximum absolute atomic E-state index is 10.6. The maximum atomic E-state index is 10.6. The third-order valence-electron chi connectivity index (χ3n) is 6.65. The van der Waals surface area contributed by atoms with Crippen LogP contribution >= 0.6 is 0 Å². The molecule has 0 radical (unpaired) electrons. The van der Waals surface area contributed by atoms with Gasteiger partial charge in [0.05, 0.1) is 12.2 Å². The Morgan fingerprint density at radius 1 is 0.950 bits per heavy atom. The summed E-state index contributed by atoms with van der Waals surface area (Å²) in [6.45, 7) is 7.82. The first-order valence-corrected chi connectivity index (χ1v) is 12.7. The molecule has 1 unspecified atom stereocenters. The fourth-order valence-electron chi connectivity index (χ4n) is 4.71. The lowest BCUT2D eigenvalue weighted by molar-refractivity contribution is -0.193. The Labute approximate surface area is 227 Å². The zero-order valence-electron chi connectivity index (χ0n) is 21.8. The van der Waals surface area contributed by atoms with Crippen LogP contribution in [0.1, 0.15) is 37.7 Å². The average molecular weight is 589 g/mol. The van der Waals surface area contributed by atoms with E-state index in [0.717, 1.165) is 57.8 Å². The lowest BCUT2D eigenvalue weighted by atomic mass is 9.79. The molecule has 40 heavy (non-hydrogen) atoms. The molecule has 3 aliphatic rings. The summed E-state index contributed by atoms with van der Waals surface area (Å²) in [7, 11) is 0. The molecule has 15 heteroatoms. The molecule has 3 saturated heterocycles. The smallest absolute Gasteiger partial charge is 0.475 e. The van der Waals surface area contributed by atoms with Gasteiger partial charge in [0.25, 0.3) is 0 Å². The average Bonchev–Trinajstić information content (AvgIpc) is 2.87. The van der Waals surface area contributed by atoms with Crippen molar-refractivity contribution in [2.24, 2.45) is 11.8 Å². The SMILES string of the molecule is O=C(O)C(F)(F)F.O=C(O)C(F)(F)F.c1cc(COCCC2CCOC3(C2)CN(CC2CCOCC2)C3)ccn1. The van der Waals surface area contributed by atoms with Crippen LogP contribution in [0, 0.1) is 11.8 Å². The van der Waals surface area contributed by atoms with Gasteiger partial charge >= 0.3 is 24.3 Å². The highest BCUT2D eigenvalue weighted by atomic mass is 19.4. The number of hydrogen-bond acceptors (Lipinski definition) is 7. The molecule has 3 aliphatic heterocycles. The van der Waals surface area contributed by atoms with Gasteiger partial charge in [-0.25, -0.2) is 9.59 Å². The van der Waals surface area contributed by atoms with Gasteiger partial charge in [0, 0.05) is 58.5 Å². The van der Waals surface area contributed by atoms with Crippen LogP contribution in [-0.4, -0.2) is 96.1 Å². The quantitative estimate of drug-likeness (QED) is 0.358. The van der Waals surface area contributed by atoms with E-state index < -0.39 is 24.3 Å². The van der Waals surface area contributed by atoms with Gasteiger partial charge in [-0.3, -0.25) is 9.88 Å². The zero-order valence-corrected chi connectivity index (χ0v) is 21.8. The number of likely N-dealkylation sites (tertiary alicyclic amines) is 1. The first-order chi connectivity index (χ1) is 18.7. The molecular weight excluding hydrogens is 554 g/mol. The van der Waals surface area contributed by atoms with Gasteiger partial charge < -0.3 is 24.4 Å². The molecular formula is C25H34F6N2O7. The van der Waals surface area contributed by atoms with Crippen molar-refractivity contribution in [2.75, 3.05) is 46.1 Å². The topological polar surface area (TPSA) is 118 Å². The molecule has 1 aromatic heterocycles. The number of aliphatic carboxylic acids is 2. The molecule has 228 valence electrons. The minimum atomic E-state index is -5.08. The van der Waals surface area contributed by atoms with Crippen LogP contribution in [0.15, 0.2) is 24.5 Å². The van der Waals surface area contributed by atoms with E-state index in [2.05, 4.69) is 9.88 Å². The van der Waals surface area contributed by atoms with Crippen LogP contribution in [-0.2, 0) is 30.4 Å². The van der Waals surface area contributed by atoms with Crippen molar-refractivity contribution >= 4 is 11.9 Å². The molecule has 0 aliphatic carbocycles. The Hall–Kier alpha value is -2.49. The third-order valence-corrected chi connectivity index (χ3v) is 6.65. The number of alkyl halides is 6. The summed E-state index contributed by atoms with van der Waals surface area (Å²) in [5.41, 5.74) is 1.34. The molecule has 0 bridgehead atoms. The second-order valence-electron chi connectivity index (χ2n) is 9.92. The van der Waals surface area contributed by atoms with E-state index in [1.54, 1.807) is 0 Å². The standard InChI is InChI=1S/C21H32N2O3.2C2HF3O2/c1-7-22-8-2-20(1)15-25-11-3-18-6-12-26-21(13-18)16-23(17-21)14-19-4-9-24-10-5-19;2*3-2(4,5)1(6)7/h1-2,7-8,18-19H,3-6,9-17H2;2*(H,6,7). The Kier molecular flexibility index (Phi) is 13.1. The van der Waals surface area contributed by atoms with Gasteiger partial charge in [0.1, 0.15) is 0 Å². The lowest BCUT2D eigenvalue weighted by Crippen LogP contribution is -2.65. The number of carboxylic acid groups (broad SMARTS) is 2. The summed E-state index contributed by atoms with van der Waals surface area (Å²) < 4.78 is 81.0. The van der Waals surface area contributed by atoms with Crippen LogP contribution in [0.3, 0.4) is 0 Å². The van der Waals surface area contributed by atoms with Crippen molar-refractivity contribution in [1.29, 1.82) is 0 Å². The van der Waals surface area contributed by atoms with E-state index in [-0.39, 0.29) is 5.60 Å². The third kappa shape index (κ3) is 12.4. The number of carboxylic acids is 2. The van der Waals surface area contributed by atoms with Crippen LogP contribution < -0.4 is 0 Å². The van der Waals surface area contributed by atoms with Crippen molar-refractivity contribution in [3.05, 3.63) is 30.1 Å². The fourth-order valence-corrected chi connectivity index (χ4v) is 4.71. The molecule has 1 aromatic rings. The van der Waals surface area contributed by atoms with Crippen molar-refractivity contribution in [3.8, 4) is 0 Å². The first-order valence-electron chi connectivity index (χ1n) is 12.7. The van der Waals surface area contributed by atoms with Gasteiger partial charge in [-0.2, -0.15) is 26.3 Å². The highest BCUT2D eigenvalue weighted by Gasteiger charge is 2.47. The van der Waals surface area contributed by atoms with E-state index >= 15 is 0 Å². The van der Waals surface area contributed by atoms with Crippen molar-refractivity contribution in [2.45, 2.75) is 56.7 Å². The molecule has 0 aromatic carbocycles. The Bertz CT molecular complexity index is 881. The number of carbonyl (C=O) groups is 2. The summed E-state index contributed by atoms with van der Waals surface area (Å²) >= 11 is 0. The fraction of sp³-hybridized carbons (Fsp3) is 0.720. The van der Waals surface area contributed by atoms with Crippen LogP contribution in [0.25, 0.3) is 0 Å². The molecule has 3 fully saturated rings. The molecule has 0 saturated carbocycles. The lowest BCUT2D eigenvalue weighted by Gasteiger charge is -2.54. The van der Waals surface area contributed by atoms with Crippen LogP contribution in [0.5, 0.6) is 0 Å². The highest BCUT2D eigenvalue weighted by molar-refractivity contribution is 5.73. The van der Waals surface area contributed by atoms with E-state index in [1.165, 1.54) is 37.8 Å². The van der Waals surface area contributed by atoms with E-state index in [9.17, 15) is 26.3 Å². The largest absolute Gasteiger partial charge is 0.490 e. The summed E-state index contributed by atoms with van der Waals surface area (Å²) in [5.74, 6) is -3.95. The van der Waals surface area contributed by atoms with Crippen molar-refractivity contribution < 1.29 is 60.4 Å². The number of halogens is 6.